The number of aryl methyl sites for hydroxylation is 2. The molecule has 15 nitrogen and oxygen atoms in total. The van der Waals surface area contributed by atoms with Crippen LogP contribution in [0.25, 0.3) is 0 Å². The zero-order chi connectivity index (χ0) is 19.0. The fourth-order valence-corrected chi connectivity index (χ4v) is 1.45. The number of hydrogen-bond acceptors (Lipinski definition) is 12. The van der Waals surface area contributed by atoms with Gasteiger partial charge in [-0.05, 0) is 6.42 Å². The van der Waals surface area contributed by atoms with Gasteiger partial charge in [0.2, 0.25) is 35.7 Å². The van der Waals surface area contributed by atoms with Gasteiger partial charge in [0, 0.05) is 13.6 Å². The maximum Gasteiger partial charge on any atom is 0.241 e. The van der Waals surface area contributed by atoms with Gasteiger partial charge in [0.15, 0.2) is 0 Å². The van der Waals surface area contributed by atoms with Crippen molar-refractivity contribution in [2.24, 2.45) is 7.05 Å². The van der Waals surface area contributed by atoms with Gasteiger partial charge >= 0.3 is 0 Å². The second kappa shape index (κ2) is 8.75. The highest BCUT2D eigenvalue weighted by molar-refractivity contribution is 5.26. The maximum atomic E-state index is 5.44. The molecule has 0 fully saturated rings. The number of nitrogens with one attached hydrogen (secondary N) is 1. The third-order valence-electron chi connectivity index (χ3n) is 2.49. The zero-order valence-corrected chi connectivity index (χ0v) is 14.0. The van der Waals surface area contributed by atoms with Gasteiger partial charge in [-0.2, -0.15) is 15.0 Å². The molecule has 25 heavy (non-hydrogen) atoms. The lowest BCUT2D eigenvalue weighted by molar-refractivity contribution is 0.612. The summed E-state index contributed by atoms with van der Waals surface area (Å²) in [4.78, 5) is 10.9. The largest absolute Gasteiger partial charge is 0.368 e. The number of anilines is 6. The van der Waals surface area contributed by atoms with Gasteiger partial charge in [-0.3, -0.25) is 0 Å². The van der Waals surface area contributed by atoms with Crippen molar-refractivity contribution in [2.75, 3.05) is 34.4 Å². The molecule has 13 N–H and O–H groups in total. The third-order valence-corrected chi connectivity index (χ3v) is 2.49. The van der Waals surface area contributed by atoms with E-state index in [1.165, 1.54) is 4.68 Å². The number of nitrogens with two attached hydrogens (primary N) is 6. The Labute approximate surface area is 142 Å². The molecular weight excluding hydrogens is 330 g/mol. The Morgan fingerprint density at radius 3 is 1.68 bits per heavy atom. The van der Waals surface area contributed by atoms with Gasteiger partial charge in [0.25, 0.3) is 0 Å². The van der Waals surface area contributed by atoms with E-state index in [0.717, 1.165) is 13.0 Å². The van der Waals surface area contributed by atoms with Crippen molar-refractivity contribution in [1.29, 1.82) is 0 Å². The molecule has 3 rings (SSSR count). The number of nitrogens with zero attached hydrogens (tertiary/aromatic N) is 8. The standard InChI is InChI=1S/C5H11N5.C3H7N5.C2H5N5/c1-2-3-10-5(7)8-4(6)9-10;1-8-3(5)6-2(4)7-8;3-1-5-2(4)7-6-1/h2-3H2,1H3,(H4,6,7,8,9);1H3,(H4,4,5,6,7);(H5,3,4,5,6,7). The summed E-state index contributed by atoms with van der Waals surface area (Å²) in [6.07, 6.45) is 0.979. The molecule has 0 aliphatic rings. The fraction of sp³-hybridized carbons (Fsp3) is 0.400. The molecule has 0 atom stereocenters. The normalized spacial score (nSPS) is 9.68. The van der Waals surface area contributed by atoms with Crippen molar-refractivity contribution in [2.45, 2.75) is 19.9 Å². The number of aromatic nitrogens is 9. The Kier molecular flexibility index (Phi) is 6.74. The van der Waals surface area contributed by atoms with Gasteiger partial charge in [-0.15, -0.1) is 15.3 Å². The highest BCUT2D eigenvalue weighted by Crippen LogP contribution is 2.01. The lowest BCUT2D eigenvalue weighted by Gasteiger charge is -1.96. The molecule has 0 aliphatic carbocycles. The zero-order valence-electron chi connectivity index (χ0n) is 14.0. The Bertz CT molecular complexity index is 731. The molecule has 3 aromatic heterocycles. The lowest BCUT2D eigenvalue weighted by atomic mass is 10.5. The van der Waals surface area contributed by atoms with Crippen LogP contribution in [0.4, 0.5) is 35.7 Å². The quantitative estimate of drug-likeness (QED) is 0.259. The average molecular weight is 353 g/mol. The SMILES string of the molecule is CCCn1nc(N)nc1N.Cn1nc(N)nc1N.Nc1n[nH]c(N)n1. The van der Waals surface area contributed by atoms with Crippen LogP contribution in [0.1, 0.15) is 13.3 Å². The van der Waals surface area contributed by atoms with E-state index in [-0.39, 0.29) is 23.8 Å². The van der Waals surface area contributed by atoms with E-state index in [2.05, 4.69) is 35.3 Å². The van der Waals surface area contributed by atoms with E-state index >= 15 is 0 Å². The van der Waals surface area contributed by atoms with Gasteiger partial charge in [-0.25, -0.2) is 14.5 Å². The average Bonchev–Trinajstić information content (AvgIpc) is 3.13. The second-order valence-corrected chi connectivity index (χ2v) is 4.58. The van der Waals surface area contributed by atoms with E-state index in [1.807, 2.05) is 6.92 Å². The number of H-pyrrole nitrogens is 1. The van der Waals surface area contributed by atoms with Crippen LogP contribution in [0, 0.1) is 0 Å². The summed E-state index contributed by atoms with van der Waals surface area (Å²) in [5, 5.41) is 13.3. The molecule has 15 heteroatoms. The van der Waals surface area contributed by atoms with E-state index in [0.29, 0.717) is 11.9 Å². The predicted octanol–water partition coefficient (Wildman–Crippen LogP) is -2.20. The monoisotopic (exact) mass is 353 g/mol. The Hall–Kier alpha value is -3.78. The molecule has 0 unspecified atom stereocenters. The summed E-state index contributed by atoms with van der Waals surface area (Å²) in [5.74, 6) is 1.60. The summed E-state index contributed by atoms with van der Waals surface area (Å²) >= 11 is 0. The molecular formula is C10H23N15. The van der Waals surface area contributed by atoms with Gasteiger partial charge in [0.05, 0.1) is 0 Å². The smallest absolute Gasteiger partial charge is 0.241 e. The van der Waals surface area contributed by atoms with Crippen LogP contribution in [0.15, 0.2) is 0 Å². The van der Waals surface area contributed by atoms with Gasteiger partial charge in [0.1, 0.15) is 0 Å². The van der Waals surface area contributed by atoms with Crippen molar-refractivity contribution in [1.82, 2.24) is 44.7 Å². The Balaban J connectivity index is 0.000000191. The van der Waals surface area contributed by atoms with Crippen molar-refractivity contribution >= 4 is 35.7 Å². The Morgan fingerprint density at radius 2 is 1.44 bits per heavy atom. The number of hydrogen-bond donors (Lipinski definition) is 7. The maximum absolute atomic E-state index is 5.44. The topological polar surface area (TPSA) is 259 Å². The summed E-state index contributed by atoms with van der Waals surface area (Å²) < 4.78 is 3.00. The second-order valence-electron chi connectivity index (χ2n) is 4.58. The van der Waals surface area contributed by atoms with Crippen LogP contribution < -0.4 is 34.4 Å². The molecule has 0 amide bonds. The summed E-state index contributed by atoms with van der Waals surface area (Å²) in [6.45, 7) is 2.81. The van der Waals surface area contributed by atoms with Crippen molar-refractivity contribution in [3.05, 3.63) is 0 Å². The first-order valence-corrected chi connectivity index (χ1v) is 7.04. The third kappa shape index (κ3) is 6.47. The first-order valence-electron chi connectivity index (χ1n) is 7.04. The molecule has 3 aromatic rings. The van der Waals surface area contributed by atoms with Crippen molar-refractivity contribution in [3.8, 4) is 0 Å². The van der Waals surface area contributed by atoms with Crippen LogP contribution in [-0.4, -0.2) is 44.7 Å². The highest BCUT2D eigenvalue weighted by atomic mass is 15.4. The first kappa shape index (κ1) is 19.3. The molecule has 0 aliphatic heterocycles. The van der Waals surface area contributed by atoms with Gasteiger partial charge < -0.3 is 34.4 Å². The summed E-state index contributed by atoms with van der Waals surface area (Å²) in [6, 6.07) is 0. The minimum Gasteiger partial charge on any atom is -0.368 e. The minimum atomic E-state index is 0.178. The molecule has 0 saturated heterocycles. The molecule has 0 saturated carbocycles. The summed E-state index contributed by atoms with van der Waals surface area (Å²) in [7, 11) is 1.68. The predicted molar refractivity (Wildman–Crippen MR) is 94.2 cm³/mol. The minimum absolute atomic E-state index is 0.178. The highest BCUT2D eigenvalue weighted by Gasteiger charge is 2.00. The van der Waals surface area contributed by atoms with E-state index in [9.17, 15) is 0 Å². The van der Waals surface area contributed by atoms with Crippen LogP contribution in [0.2, 0.25) is 0 Å². The number of rotatable bonds is 2. The van der Waals surface area contributed by atoms with E-state index < -0.39 is 0 Å². The molecule has 0 aromatic carbocycles. The van der Waals surface area contributed by atoms with Crippen molar-refractivity contribution < 1.29 is 0 Å². The van der Waals surface area contributed by atoms with Gasteiger partial charge in [-0.1, -0.05) is 6.92 Å². The molecule has 0 bridgehead atoms. The first-order chi connectivity index (χ1) is 11.7. The summed E-state index contributed by atoms with van der Waals surface area (Å²) in [5.41, 5.74) is 31.2. The fourth-order valence-electron chi connectivity index (χ4n) is 1.45. The molecule has 0 spiro atoms. The molecule has 3 heterocycles. The lowest BCUT2D eigenvalue weighted by Crippen LogP contribution is -2.04. The Morgan fingerprint density at radius 1 is 0.840 bits per heavy atom. The molecule has 138 valence electrons. The number of nitrogen functional groups attached to an aromatic ring is 6. The van der Waals surface area contributed by atoms with Crippen LogP contribution in [-0.2, 0) is 13.6 Å². The van der Waals surface area contributed by atoms with E-state index in [4.69, 9.17) is 34.4 Å². The van der Waals surface area contributed by atoms with E-state index in [1.54, 1.807) is 11.7 Å². The van der Waals surface area contributed by atoms with Crippen LogP contribution in [0.5, 0.6) is 0 Å². The van der Waals surface area contributed by atoms with Crippen LogP contribution in [0.3, 0.4) is 0 Å². The molecule has 0 radical (unpaired) electrons. The number of aromatic amines is 1. The van der Waals surface area contributed by atoms with Crippen LogP contribution >= 0.6 is 0 Å². The van der Waals surface area contributed by atoms with Crippen molar-refractivity contribution in [3.63, 3.8) is 0 Å².